The summed E-state index contributed by atoms with van der Waals surface area (Å²) in [6, 6.07) is 0. The van der Waals surface area contributed by atoms with Crippen LogP contribution in [-0.2, 0) is 4.74 Å². The Balaban J connectivity index is 2.44. The highest BCUT2D eigenvalue weighted by atomic mass is 16.6. The van der Waals surface area contributed by atoms with Crippen LogP contribution in [0.2, 0.25) is 0 Å². The first-order chi connectivity index (χ1) is 3.83. The van der Waals surface area contributed by atoms with Gasteiger partial charge in [0.05, 0.1) is 6.61 Å². The molecule has 1 aliphatic heterocycles. The van der Waals surface area contributed by atoms with Gasteiger partial charge < -0.3 is 15.2 Å². The molecule has 0 spiro atoms. The van der Waals surface area contributed by atoms with Crippen LogP contribution < -0.4 is 5.32 Å². The first-order valence-electron chi connectivity index (χ1n) is 2.51. The molecule has 0 amide bonds. The third kappa shape index (κ3) is 0.993. The number of rotatable bonds is 1. The van der Waals surface area contributed by atoms with E-state index in [1.807, 2.05) is 0 Å². The van der Waals surface area contributed by atoms with Crippen molar-refractivity contribution in [2.24, 2.45) is 0 Å². The molecular weight excluding hydrogens is 106 g/mol. The Bertz CT molecular complexity index is 111. The minimum absolute atomic E-state index is 0.498. The van der Waals surface area contributed by atoms with Crippen LogP contribution in [0.1, 0.15) is 0 Å². The summed E-state index contributed by atoms with van der Waals surface area (Å²) in [5.74, 6) is 0. The Kier molecular flexibility index (Phi) is 1.50. The third-order valence-electron chi connectivity index (χ3n) is 1.07. The summed E-state index contributed by atoms with van der Waals surface area (Å²) in [5.41, 5.74) is 0.942. The normalized spacial score (nSPS) is 27.8. The topological polar surface area (TPSA) is 41.5 Å². The SMILES string of the molecule is CNC1=CC(O)OC1. The smallest absolute Gasteiger partial charge is 0.176 e. The molecule has 0 saturated heterocycles. The summed E-state index contributed by atoms with van der Waals surface area (Å²) in [4.78, 5) is 0. The predicted octanol–water partition coefficient (Wildman–Crippen LogP) is -0.562. The fourth-order valence-corrected chi connectivity index (χ4v) is 0.599. The van der Waals surface area contributed by atoms with Crippen molar-refractivity contribution in [2.75, 3.05) is 13.7 Å². The average molecular weight is 115 g/mol. The monoisotopic (exact) mass is 115 g/mol. The largest absolute Gasteiger partial charge is 0.390 e. The van der Waals surface area contributed by atoms with E-state index in [2.05, 4.69) is 5.32 Å². The number of likely N-dealkylation sites (N-methyl/N-ethyl adjacent to an activating group) is 1. The minimum Gasteiger partial charge on any atom is -0.390 e. The van der Waals surface area contributed by atoms with Gasteiger partial charge in [-0.25, -0.2) is 0 Å². The lowest BCUT2D eigenvalue weighted by Gasteiger charge is -1.95. The first-order valence-corrected chi connectivity index (χ1v) is 2.51. The maximum atomic E-state index is 8.69. The quantitative estimate of drug-likeness (QED) is 0.481. The average Bonchev–Trinajstić information content (AvgIpc) is 2.14. The van der Waals surface area contributed by atoms with Crippen molar-refractivity contribution in [3.05, 3.63) is 11.8 Å². The summed E-state index contributed by atoms with van der Waals surface area (Å²) in [6.45, 7) is 0.498. The van der Waals surface area contributed by atoms with Crippen molar-refractivity contribution < 1.29 is 9.84 Å². The molecule has 3 nitrogen and oxygen atoms in total. The van der Waals surface area contributed by atoms with Gasteiger partial charge in [-0.05, 0) is 6.08 Å². The molecule has 2 N–H and O–H groups in total. The lowest BCUT2D eigenvalue weighted by atomic mass is 10.4. The van der Waals surface area contributed by atoms with Crippen molar-refractivity contribution >= 4 is 0 Å². The lowest BCUT2D eigenvalue weighted by molar-refractivity contribution is -0.0396. The molecule has 0 aromatic carbocycles. The summed E-state index contributed by atoms with van der Waals surface area (Å²) in [7, 11) is 1.80. The van der Waals surface area contributed by atoms with Gasteiger partial charge in [0, 0.05) is 12.7 Å². The minimum atomic E-state index is -0.697. The van der Waals surface area contributed by atoms with Gasteiger partial charge in [-0.1, -0.05) is 0 Å². The van der Waals surface area contributed by atoms with E-state index >= 15 is 0 Å². The highest BCUT2D eigenvalue weighted by Gasteiger charge is 2.10. The van der Waals surface area contributed by atoms with Crippen molar-refractivity contribution in [1.82, 2.24) is 5.32 Å². The molecule has 8 heavy (non-hydrogen) atoms. The van der Waals surface area contributed by atoms with E-state index in [-0.39, 0.29) is 0 Å². The van der Waals surface area contributed by atoms with Crippen LogP contribution in [0.15, 0.2) is 11.8 Å². The fourth-order valence-electron chi connectivity index (χ4n) is 0.599. The van der Waals surface area contributed by atoms with Gasteiger partial charge in [0.1, 0.15) is 0 Å². The van der Waals surface area contributed by atoms with Crippen LogP contribution in [0, 0.1) is 0 Å². The molecule has 0 saturated carbocycles. The molecule has 1 rings (SSSR count). The molecule has 0 bridgehead atoms. The Morgan fingerprint density at radius 1 is 2.00 bits per heavy atom. The zero-order valence-corrected chi connectivity index (χ0v) is 4.72. The molecule has 1 heterocycles. The fraction of sp³-hybridized carbons (Fsp3) is 0.600. The molecule has 0 aliphatic carbocycles. The van der Waals surface area contributed by atoms with Gasteiger partial charge in [0.15, 0.2) is 6.29 Å². The second kappa shape index (κ2) is 2.15. The molecule has 1 aliphatic rings. The zero-order chi connectivity index (χ0) is 5.98. The molecule has 3 heteroatoms. The molecule has 46 valence electrons. The number of nitrogens with one attached hydrogen (secondary N) is 1. The van der Waals surface area contributed by atoms with E-state index < -0.39 is 6.29 Å². The van der Waals surface area contributed by atoms with Crippen LogP contribution in [0.25, 0.3) is 0 Å². The maximum Gasteiger partial charge on any atom is 0.176 e. The van der Waals surface area contributed by atoms with Crippen LogP contribution >= 0.6 is 0 Å². The molecule has 1 atom stereocenters. The van der Waals surface area contributed by atoms with Crippen molar-refractivity contribution in [3.8, 4) is 0 Å². The van der Waals surface area contributed by atoms with Crippen LogP contribution in [-0.4, -0.2) is 25.1 Å². The molecular formula is C5H9NO2. The highest BCUT2D eigenvalue weighted by Crippen LogP contribution is 2.04. The van der Waals surface area contributed by atoms with Crippen LogP contribution in [0.5, 0.6) is 0 Å². The zero-order valence-electron chi connectivity index (χ0n) is 4.72. The van der Waals surface area contributed by atoms with Gasteiger partial charge in [0.2, 0.25) is 0 Å². The van der Waals surface area contributed by atoms with E-state index in [1.165, 1.54) is 0 Å². The maximum absolute atomic E-state index is 8.69. The second-order valence-corrected chi connectivity index (χ2v) is 1.64. The molecule has 0 aromatic heterocycles. The number of ether oxygens (including phenoxy) is 1. The summed E-state index contributed by atoms with van der Waals surface area (Å²) >= 11 is 0. The summed E-state index contributed by atoms with van der Waals surface area (Å²) in [5, 5.41) is 11.6. The molecule has 0 radical (unpaired) electrons. The van der Waals surface area contributed by atoms with Gasteiger partial charge in [-0.2, -0.15) is 0 Å². The standard InChI is InChI=1S/C5H9NO2/c1-6-4-2-5(7)8-3-4/h2,5-7H,3H2,1H3. The highest BCUT2D eigenvalue weighted by molar-refractivity contribution is 5.05. The van der Waals surface area contributed by atoms with Gasteiger partial charge >= 0.3 is 0 Å². The Morgan fingerprint density at radius 2 is 2.75 bits per heavy atom. The Morgan fingerprint density at radius 3 is 3.00 bits per heavy atom. The van der Waals surface area contributed by atoms with E-state index in [9.17, 15) is 0 Å². The second-order valence-electron chi connectivity index (χ2n) is 1.64. The van der Waals surface area contributed by atoms with E-state index in [0.717, 1.165) is 5.70 Å². The van der Waals surface area contributed by atoms with Crippen molar-refractivity contribution in [2.45, 2.75) is 6.29 Å². The third-order valence-corrected chi connectivity index (χ3v) is 1.07. The van der Waals surface area contributed by atoms with Gasteiger partial charge in [0.25, 0.3) is 0 Å². The summed E-state index contributed by atoms with van der Waals surface area (Å²) in [6.07, 6.45) is 0.942. The van der Waals surface area contributed by atoms with Crippen LogP contribution in [0.3, 0.4) is 0 Å². The number of aliphatic hydroxyl groups is 1. The number of aliphatic hydroxyl groups excluding tert-OH is 1. The van der Waals surface area contributed by atoms with E-state index in [4.69, 9.17) is 9.84 Å². The van der Waals surface area contributed by atoms with E-state index in [0.29, 0.717) is 6.61 Å². The van der Waals surface area contributed by atoms with Gasteiger partial charge in [-0.3, -0.25) is 0 Å². The molecule has 1 unspecified atom stereocenters. The number of hydrogen-bond acceptors (Lipinski definition) is 3. The van der Waals surface area contributed by atoms with Crippen molar-refractivity contribution in [1.29, 1.82) is 0 Å². The first kappa shape index (κ1) is 5.59. The van der Waals surface area contributed by atoms with Crippen molar-refractivity contribution in [3.63, 3.8) is 0 Å². The Labute approximate surface area is 48.0 Å². The van der Waals surface area contributed by atoms with Crippen LogP contribution in [0.4, 0.5) is 0 Å². The molecule has 0 fully saturated rings. The van der Waals surface area contributed by atoms with Gasteiger partial charge in [-0.15, -0.1) is 0 Å². The lowest BCUT2D eigenvalue weighted by Crippen LogP contribution is -2.06. The molecule has 0 aromatic rings. The Hall–Kier alpha value is -0.540. The summed E-state index contributed by atoms with van der Waals surface area (Å²) < 4.78 is 4.76. The number of hydrogen-bond donors (Lipinski definition) is 2. The predicted molar refractivity (Wildman–Crippen MR) is 29.1 cm³/mol. The van der Waals surface area contributed by atoms with E-state index in [1.54, 1.807) is 13.1 Å².